The Balaban J connectivity index is 2.00. The van der Waals surface area contributed by atoms with Gasteiger partial charge in [0.15, 0.2) is 5.65 Å². The van der Waals surface area contributed by atoms with Crippen LogP contribution in [-0.4, -0.2) is 26.0 Å². The maximum Gasteiger partial charge on any atom is 0.217 e. The van der Waals surface area contributed by atoms with Crippen molar-refractivity contribution in [2.24, 2.45) is 0 Å². The second kappa shape index (κ2) is 5.17. The molecule has 2 aromatic heterocycles. The predicted octanol–water partition coefficient (Wildman–Crippen LogP) is 3.06. The van der Waals surface area contributed by atoms with Crippen LogP contribution >= 0.6 is 11.8 Å². The molecule has 0 bridgehead atoms. The van der Waals surface area contributed by atoms with Crippen molar-refractivity contribution in [1.29, 1.82) is 0 Å². The lowest BCUT2D eigenvalue weighted by Crippen LogP contribution is -1.99. The number of aromatic hydroxyl groups is 1. The van der Waals surface area contributed by atoms with Gasteiger partial charge in [0, 0.05) is 16.9 Å². The van der Waals surface area contributed by atoms with Gasteiger partial charge in [-0.3, -0.25) is 0 Å². The summed E-state index contributed by atoms with van der Waals surface area (Å²) in [4.78, 5) is 5.34. The summed E-state index contributed by atoms with van der Waals surface area (Å²) in [6, 6.07) is 10.3. The van der Waals surface area contributed by atoms with Crippen LogP contribution in [0.15, 0.2) is 41.6 Å². The Morgan fingerprint density at radius 1 is 1.25 bits per heavy atom. The molecule has 0 aliphatic heterocycles. The molecule has 3 aromatic rings. The molecule has 0 aliphatic carbocycles. The summed E-state index contributed by atoms with van der Waals surface area (Å²) in [5, 5.41) is 14.4. The molecule has 4 nitrogen and oxygen atoms in total. The number of aryl methyl sites for hydroxylation is 1. The van der Waals surface area contributed by atoms with Gasteiger partial charge in [0.05, 0.1) is 0 Å². The highest BCUT2D eigenvalue weighted by Gasteiger charge is 2.12. The highest BCUT2D eigenvalue weighted by atomic mass is 32.2. The first-order valence-electron chi connectivity index (χ1n) is 6.33. The van der Waals surface area contributed by atoms with Crippen molar-refractivity contribution >= 4 is 17.4 Å². The van der Waals surface area contributed by atoms with Gasteiger partial charge in [-0.1, -0.05) is 12.1 Å². The Morgan fingerprint density at radius 3 is 2.70 bits per heavy atom. The van der Waals surface area contributed by atoms with E-state index in [0.29, 0.717) is 12.1 Å². The average Bonchev–Trinajstić information content (AvgIpc) is 2.92. The molecular formula is C15H15N3OS. The van der Waals surface area contributed by atoms with Crippen LogP contribution in [0.4, 0.5) is 0 Å². The molecule has 0 amide bonds. The van der Waals surface area contributed by atoms with Crippen LogP contribution < -0.4 is 0 Å². The first-order valence-corrected chi connectivity index (χ1v) is 7.55. The maximum absolute atomic E-state index is 10.3. The van der Waals surface area contributed by atoms with E-state index in [1.54, 1.807) is 11.8 Å². The molecule has 20 heavy (non-hydrogen) atoms. The van der Waals surface area contributed by atoms with Crippen molar-refractivity contribution in [3.63, 3.8) is 0 Å². The van der Waals surface area contributed by atoms with Crippen LogP contribution in [0.3, 0.4) is 0 Å². The van der Waals surface area contributed by atoms with Gasteiger partial charge < -0.3 is 5.11 Å². The monoisotopic (exact) mass is 285 g/mol. The first kappa shape index (κ1) is 13.0. The molecule has 0 saturated heterocycles. The number of aromatic nitrogens is 3. The fraction of sp³-hybridized carbons (Fsp3) is 0.200. The molecule has 5 heteroatoms. The fourth-order valence-electron chi connectivity index (χ4n) is 2.26. The van der Waals surface area contributed by atoms with E-state index in [2.05, 4.69) is 40.6 Å². The summed E-state index contributed by atoms with van der Waals surface area (Å²) in [5.74, 6) is 0.173. The zero-order valence-corrected chi connectivity index (χ0v) is 12.2. The number of hydrogen-bond acceptors (Lipinski definition) is 4. The summed E-state index contributed by atoms with van der Waals surface area (Å²) >= 11 is 1.72. The molecule has 0 saturated carbocycles. The van der Waals surface area contributed by atoms with Gasteiger partial charge in [-0.2, -0.15) is 9.61 Å². The van der Waals surface area contributed by atoms with Gasteiger partial charge in [0.1, 0.15) is 6.33 Å². The SMILES string of the molecule is CSc1ccc(Cc2c(C)cc3ncnn3c2O)cc1. The van der Waals surface area contributed by atoms with Crippen molar-refractivity contribution in [3.8, 4) is 5.88 Å². The van der Waals surface area contributed by atoms with Crippen molar-refractivity contribution in [2.45, 2.75) is 18.2 Å². The summed E-state index contributed by atoms with van der Waals surface area (Å²) < 4.78 is 1.47. The number of rotatable bonds is 3. The van der Waals surface area contributed by atoms with Crippen molar-refractivity contribution in [3.05, 3.63) is 53.3 Å². The number of pyridine rings is 1. The normalized spacial score (nSPS) is 11.1. The largest absolute Gasteiger partial charge is 0.493 e. The van der Waals surface area contributed by atoms with Crippen LogP contribution in [0.1, 0.15) is 16.7 Å². The Bertz CT molecular complexity index is 750. The van der Waals surface area contributed by atoms with E-state index in [0.717, 1.165) is 11.1 Å². The Kier molecular flexibility index (Phi) is 3.36. The van der Waals surface area contributed by atoms with Crippen LogP contribution in [-0.2, 0) is 6.42 Å². The van der Waals surface area contributed by atoms with E-state index in [-0.39, 0.29) is 5.88 Å². The third-order valence-electron chi connectivity index (χ3n) is 3.41. The van der Waals surface area contributed by atoms with Crippen molar-refractivity contribution in [1.82, 2.24) is 14.6 Å². The van der Waals surface area contributed by atoms with E-state index in [9.17, 15) is 5.11 Å². The number of fused-ring (bicyclic) bond motifs is 1. The Hall–Kier alpha value is -2.01. The van der Waals surface area contributed by atoms with Gasteiger partial charge in [-0.25, -0.2) is 4.98 Å². The van der Waals surface area contributed by atoms with Gasteiger partial charge in [-0.05, 0) is 42.5 Å². The number of thioether (sulfide) groups is 1. The number of hydrogen-bond donors (Lipinski definition) is 1. The minimum atomic E-state index is 0.173. The number of benzene rings is 1. The molecular weight excluding hydrogens is 270 g/mol. The molecule has 0 aliphatic rings. The molecule has 0 unspecified atom stereocenters. The Labute approximate surface area is 121 Å². The summed E-state index contributed by atoms with van der Waals surface area (Å²) in [5.41, 5.74) is 3.75. The van der Waals surface area contributed by atoms with E-state index in [1.807, 2.05) is 13.0 Å². The third kappa shape index (κ3) is 2.25. The lowest BCUT2D eigenvalue weighted by molar-refractivity contribution is 0.430. The highest BCUT2D eigenvalue weighted by molar-refractivity contribution is 7.98. The topological polar surface area (TPSA) is 50.4 Å². The number of nitrogens with zero attached hydrogens (tertiary/aromatic N) is 3. The minimum Gasteiger partial charge on any atom is -0.493 e. The lowest BCUT2D eigenvalue weighted by Gasteiger charge is -2.10. The molecule has 0 atom stereocenters. The van der Waals surface area contributed by atoms with E-state index in [1.165, 1.54) is 21.3 Å². The van der Waals surface area contributed by atoms with Gasteiger partial charge >= 0.3 is 0 Å². The van der Waals surface area contributed by atoms with E-state index < -0.39 is 0 Å². The lowest BCUT2D eigenvalue weighted by atomic mass is 10.0. The Morgan fingerprint density at radius 2 is 2.00 bits per heavy atom. The van der Waals surface area contributed by atoms with Crippen LogP contribution in [0.5, 0.6) is 5.88 Å². The summed E-state index contributed by atoms with van der Waals surface area (Å²) in [6.07, 6.45) is 4.19. The standard InChI is InChI=1S/C15H15N3OS/c1-10-7-14-16-9-17-18(14)15(19)13(10)8-11-3-5-12(20-2)6-4-11/h3-7,9,19H,8H2,1-2H3. The van der Waals surface area contributed by atoms with Gasteiger partial charge in [0.25, 0.3) is 0 Å². The maximum atomic E-state index is 10.3. The highest BCUT2D eigenvalue weighted by Crippen LogP contribution is 2.26. The first-order chi connectivity index (χ1) is 9.69. The molecule has 0 spiro atoms. The van der Waals surface area contributed by atoms with Crippen molar-refractivity contribution < 1.29 is 5.11 Å². The summed E-state index contributed by atoms with van der Waals surface area (Å²) in [6.45, 7) is 1.99. The molecule has 1 N–H and O–H groups in total. The molecule has 0 fully saturated rings. The van der Waals surface area contributed by atoms with Crippen LogP contribution in [0.25, 0.3) is 5.65 Å². The molecule has 3 rings (SSSR count). The second-order valence-electron chi connectivity index (χ2n) is 4.68. The smallest absolute Gasteiger partial charge is 0.217 e. The van der Waals surface area contributed by atoms with Gasteiger partial charge in [0.2, 0.25) is 5.88 Å². The predicted molar refractivity (Wildman–Crippen MR) is 80.4 cm³/mol. The fourth-order valence-corrected chi connectivity index (χ4v) is 2.67. The molecule has 1 aromatic carbocycles. The minimum absolute atomic E-state index is 0.173. The molecule has 102 valence electrons. The van der Waals surface area contributed by atoms with E-state index in [4.69, 9.17) is 0 Å². The quantitative estimate of drug-likeness (QED) is 0.751. The molecule has 0 radical (unpaired) electrons. The summed E-state index contributed by atoms with van der Waals surface area (Å²) in [7, 11) is 0. The zero-order valence-electron chi connectivity index (χ0n) is 11.4. The van der Waals surface area contributed by atoms with Crippen LogP contribution in [0, 0.1) is 6.92 Å². The zero-order chi connectivity index (χ0) is 14.1. The average molecular weight is 285 g/mol. The van der Waals surface area contributed by atoms with E-state index >= 15 is 0 Å². The molecule has 2 heterocycles. The van der Waals surface area contributed by atoms with Crippen molar-refractivity contribution in [2.75, 3.05) is 6.26 Å². The second-order valence-corrected chi connectivity index (χ2v) is 5.56. The van der Waals surface area contributed by atoms with Gasteiger partial charge in [-0.15, -0.1) is 11.8 Å². The van der Waals surface area contributed by atoms with Crippen LogP contribution in [0.2, 0.25) is 0 Å². The third-order valence-corrected chi connectivity index (χ3v) is 4.15.